The molecular formula is C11H16BrNOS. The van der Waals surface area contributed by atoms with E-state index in [1.54, 1.807) is 11.3 Å². The lowest BCUT2D eigenvalue weighted by molar-refractivity contribution is 0.0995. The highest BCUT2D eigenvalue weighted by Crippen LogP contribution is 2.27. The zero-order chi connectivity index (χ0) is 10.8. The van der Waals surface area contributed by atoms with Crippen molar-refractivity contribution in [2.24, 2.45) is 11.7 Å². The second-order valence-electron chi connectivity index (χ2n) is 4.13. The van der Waals surface area contributed by atoms with Gasteiger partial charge in [0.05, 0.1) is 6.10 Å². The van der Waals surface area contributed by atoms with E-state index < -0.39 is 0 Å². The molecule has 0 aromatic carbocycles. The molecule has 0 bridgehead atoms. The van der Waals surface area contributed by atoms with Crippen molar-refractivity contribution in [2.45, 2.75) is 31.9 Å². The molecule has 1 aromatic heterocycles. The molecule has 2 nitrogen and oxygen atoms in total. The third kappa shape index (κ3) is 2.81. The van der Waals surface area contributed by atoms with Crippen LogP contribution >= 0.6 is 27.3 Å². The molecule has 0 aliphatic carbocycles. The molecule has 1 aromatic rings. The molecule has 0 radical (unpaired) electrons. The number of thiophene rings is 1. The van der Waals surface area contributed by atoms with Crippen molar-refractivity contribution in [2.75, 3.05) is 6.61 Å². The largest absolute Gasteiger partial charge is 0.378 e. The van der Waals surface area contributed by atoms with Crippen LogP contribution in [0.1, 0.15) is 18.2 Å². The average Bonchev–Trinajstić information content (AvgIpc) is 2.75. The standard InChI is InChI=1S/C11H16BrNOS/c1-7-10(2-3-14-7)11(13)5-9-4-8(12)6-15-9/h4,6-7,10-11H,2-3,5,13H2,1H3. The maximum absolute atomic E-state index is 6.22. The van der Waals surface area contributed by atoms with Crippen LogP contribution in [0.5, 0.6) is 0 Å². The van der Waals surface area contributed by atoms with Gasteiger partial charge in [0.2, 0.25) is 0 Å². The Balaban J connectivity index is 1.94. The molecule has 0 amide bonds. The van der Waals surface area contributed by atoms with Gasteiger partial charge in [-0.05, 0) is 41.8 Å². The predicted molar refractivity (Wildman–Crippen MR) is 67.2 cm³/mol. The van der Waals surface area contributed by atoms with E-state index in [-0.39, 0.29) is 6.04 Å². The number of rotatable bonds is 3. The minimum atomic E-state index is 0.230. The number of hydrogen-bond donors (Lipinski definition) is 1. The van der Waals surface area contributed by atoms with Crippen LogP contribution in [0.4, 0.5) is 0 Å². The lowest BCUT2D eigenvalue weighted by Gasteiger charge is -2.21. The summed E-state index contributed by atoms with van der Waals surface area (Å²) in [6.45, 7) is 3.00. The highest BCUT2D eigenvalue weighted by molar-refractivity contribution is 9.10. The van der Waals surface area contributed by atoms with E-state index in [2.05, 4.69) is 34.3 Å². The van der Waals surface area contributed by atoms with Crippen molar-refractivity contribution >= 4 is 27.3 Å². The molecule has 3 unspecified atom stereocenters. The number of halogens is 1. The first-order chi connectivity index (χ1) is 7.16. The Bertz CT molecular complexity index is 328. The van der Waals surface area contributed by atoms with Gasteiger partial charge in [0.15, 0.2) is 0 Å². The molecule has 3 atom stereocenters. The predicted octanol–water partition coefficient (Wildman–Crippen LogP) is 2.81. The van der Waals surface area contributed by atoms with Gasteiger partial charge in [0, 0.05) is 33.3 Å². The SMILES string of the molecule is CC1OCCC1C(N)Cc1cc(Br)cs1. The summed E-state index contributed by atoms with van der Waals surface area (Å²) in [5.41, 5.74) is 6.22. The Hall–Kier alpha value is 0.1000. The van der Waals surface area contributed by atoms with Crippen molar-refractivity contribution in [3.63, 3.8) is 0 Å². The van der Waals surface area contributed by atoms with E-state index >= 15 is 0 Å². The summed E-state index contributed by atoms with van der Waals surface area (Å²) >= 11 is 5.23. The van der Waals surface area contributed by atoms with Crippen LogP contribution in [0.15, 0.2) is 15.9 Å². The van der Waals surface area contributed by atoms with Gasteiger partial charge in [0.1, 0.15) is 0 Å². The topological polar surface area (TPSA) is 35.2 Å². The van der Waals surface area contributed by atoms with Crippen LogP contribution in [0.3, 0.4) is 0 Å². The van der Waals surface area contributed by atoms with Gasteiger partial charge in [-0.2, -0.15) is 0 Å². The van der Waals surface area contributed by atoms with E-state index in [1.165, 1.54) is 4.88 Å². The zero-order valence-electron chi connectivity index (χ0n) is 8.78. The molecule has 2 N–H and O–H groups in total. The molecule has 4 heteroatoms. The minimum absolute atomic E-state index is 0.230. The minimum Gasteiger partial charge on any atom is -0.378 e. The highest BCUT2D eigenvalue weighted by Gasteiger charge is 2.29. The summed E-state index contributed by atoms with van der Waals surface area (Å²) in [7, 11) is 0. The Kier molecular flexibility index (Phi) is 3.83. The number of hydrogen-bond acceptors (Lipinski definition) is 3. The summed E-state index contributed by atoms with van der Waals surface area (Å²) in [6, 6.07) is 2.39. The van der Waals surface area contributed by atoms with Crippen molar-refractivity contribution in [3.8, 4) is 0 Å². The molecule has 15 heavy (non-hydrogen) atoms. The van der Waals surface area contributed by atoms with E-state index in [0.29, 0.717) is 12.0 Å². The molecule has 2 rings (SSSR count). The van der Waals surface area contributed by atoms with Crippen molar-refractivity contribution in [3.05, 3.63) is 20.8 Å². The highest BCUT2D eigenvalue weighted by atomic mass is 79.9. The van der Waals surface area contributed by atoms with Gasteiger partial charge in [-0.15, -0.1) is 11.3 Å². The summed E-state index contributed by atoms with van der Waals surface area (Å²) < 4.78 is 6.70. The zero-order valence-corrected chi connectivity index (χ0v) is 11.2. The molecule has 84 valence electrons. The van der Waals surface area contributed by atoms with Crippen LogP contribution in [0.25, 0.3) is 0 Å². The second-order valence-corrected chi connectivity index (χ2v) is 6.04. The molecule has 1 fully saturated rings. The fourth-order valence-corrected chi connectivity index (χ4v) is 3.68. The van der Waals surface area contributed by atoms with Gasteiger partial charge in [-0.3, -0.25) is 0 Å². The van der Waals surface area contributed by atoms with Crippen LogP contribution in [-0.2, 0) is 11.2 Å². The fourth-order valence-electron chi connectivity index (χ4n) is 2.16. The van der Waals surface area contributed by atoms with Gasteiger partial charge < -0.3 is 10.5 Å². The first kappa shape index (κ1) is 11.6. The monoisotopic (exact) mass is 289 g/mol. The lowest BCUT2D eigenvalue weighted by Crippen LogP contribution is -2.35. The molecule has 1 aliphatic heterocycles. The molecule has 2 heterocycles. The van der Waals surface area contributed by atoms with Crippen molar-refractivity contribution in [1.82, 2.24) is 0 Å². The van der Waals surface area contributed by atoms with E-state index in [4.69, 9.17) is 10.5 Å². The summed E-state index contributed by atoms with van der Waals surface area (Å²) in [5.74, 6) is 0.519. The van der Waals surface area contributed by atoms with Crippen molar-refractivity contribution in [1.29, 1.82) is 0 Å². The lowest BCUT2D eigenvalue weighted by atomic mass is 9.91. The molecular weight excluding hydrogens is 274 g/mol. The summed E-state index contributed by atoms with van der Waals surface area (Å²) in [6.07, 6.45) is 2.40. The first-order valence-electron chi connectivity index (χ1n) is 5.27. The van der Waals surface area contributed by atoms with Crippen LogP contribution in [0.2, 0.25) is 0 Å². The normalized spacial score (nSPS) is 28.2. The Morgan fingerprint density at radius 2 is 2.53 bits per heavy atom. The molecule has 1 aliphatic rings. The Morgan fingerprint density at radius 1 is 1.73 bits per heavy atom. The van der Waals surface area contributed by atoms with Gasteiger partial charge in [0.25, 0.3) is 0 Å². The van der Waals surface area contributed by atoms with Gasteiger partial charge in [-0.25, -0.2) is 0 Å². The fraction of sp³-hybridized carbons (Fsp3) is 0.636. The van der Waals surface area contributed by atoms with Gasteiger partial charge >= 0.3 is 0 Å². The third-order valence-electron chi connectivity index (χ3n) is 3.04. The smallest absolute Gasteiger partial charge is 0.0590 e. The quantitative estimate of drug-likeness (QED) is 0.929. The molecule has 0 spiro atoms. The third-order valence-corrected chi connectivity index (χ3v) is 4.76. The Labute approximate surface area is 103 Å². The average molecular weight is 290 g/mol. The molecule has 0 saturated carbocycles. The maximum Gasteiger partial charge on any atom is 0.0590 e. The van der Waals surface area contributed by atoms with E-state index in [1.807, 2.05) is 0 Å². The summed E-state index contributed by atoms with van der Waals surface area (Å²) in [5, 5.41) is 2.11. The number of nitrogens with two attached hydrogens (primary N) is 1. The summed E-state index contributed by atoms with van der Waals surface area (Å²) in [4.78, 5) is 1.36. The van der Waals surface area contributed by atoms with Crippen molar-refractivity contribution < 1.29 is 4.74 Å². The van der Waals surface area contributed by atoms with Gasteiger partial charge in [-0.1, -0.05) is 0 Å². The maximum atomic E-state index is 6.22. The van der Waals surface area contributed by atoms with Crippen LogP contribution < -0.4 is 5.73 Å². The van der Waals surface area contributed by atoms with E-state index in [9.17, 15) is 0 Å². The first-order valence-corrected chi connectivity index (χ1v) is 6.94. The van der Waals surface area contributed by atoms with Crippen LogP contribution in [-0.4, -0.2) is 18.8 Å². The second kappa shape index (κ2) is 4.95. The van der Waals surface area contributed by atoms with Crippen LogP contribution in [0, 0.1) is 5.92 Å². The molecule has 1 saturated heterocycles. The number of ether oxygens (including phenoxy) is 1. The Morgan fingerprint density at radius 3 is 3.07 bits per heavy atom. The van der Waals surface area contributed by atoms with E-state index in [0.717, 1.165) is 23.9 Å².